The van der Waals surface area contributed by atoms with Gasteiger partial charge in [-0.3, -0.25) is 9.59 Å². The van der Waals surface area contributed by atoms with Crippen LogP contribution in [0.4, 0.5) is 0 Å². The lowest BCUT2D eigenvalue weighted by molar-refractivity contribution is -0.137. The van der Waals surface area contributed by atoms with E-state index in [4.69, 9.17) is 9.84 Å². The lowest BCUT2D eigenvalue weighted by Gasteiger charge is -2.32. The van der Waals surface area contributed by atoms with Gasteiger partial charge in [0.15, 0.2) is 0 Å². The van der Waals surface area contributed by atoms with Crippen LogP contribution in [0.15, 0.2) is 35.2 Å². The van der Waals surface area contributed by atoms with Gasteiger partial charge in [-0.2, -0.15) is 0 Å². The standard InChI is InChI=1S/C19H22N2O4S/c22-18(23)7-6-14-3-2-8-21(10-14)19(24)15-4-1-5-17(9-15)25-11-16-12-26-13-20-16/h1,4-5,9,12-14H,2-3,6-8,10-11H2,(H,22,23)/t14-/m0/s1. The molecule has 3 rings (SSSR count). The van der Waals surface area contributed by atoms with Crippen molar-refractivity contribution < 1.29 is 19.4 Å². The molecule has 0 bridgehead atoms. The number of amides is 1. The number of carboxylic acid groups (broad SMARTS) is 1. The molecule has 6 nitrogen and oxygen atoms in total. The van der Waals surface area contributed by atoms with Crippen molar-refractivity contribution in [2.24, 2.45) is 5.92 Å². The molecule has 1 aromatic heterocycles. The van der Waals surface area contributed by atoms with Crippen LogP contribution in [0.1, 0.15) is 41.7 Å². The number of likely N-dealkylation sites (tertiary alicyclic amines) is 1. The molecule has 7 heteroatoms. The second-order valence-electron chi connectivity index (χ2n) is 6.49. The molecule has 1 aromatic carbocycles. The molecule has 1 fully saturated rings. The van der Waals surface area contributed by atoms with Crippen LogP contribution in [-0.2, 0) is 11.4 Å². The second kappa shape index (κ2) is 8.80. The minimum Gasteiger partial charge on any atom is -0.487 e. The van der Waals surface area contributed by atoms with E-state index in [1.807, 2.05) is 22.4 Å². The Labute approximate surface area is 156 Å². The molecule has 1 N–H and O–H groups in total. The average molecular weight is 374 g/mol. The molecule has 1 amide bonds. The van der Waals surface area contributed by atoms with E-state index in [0.717, 1.165) is 18.5 Å². The highest BCUT2D eigenvalue weighted by Gasteiger charge is 2.25. The van der Waals surface area contributed by atoms with Crippen LogP contribution in [0.25, 0.3) is 0 Å². The number of aromatic nitrogens is 1. The minimum atomic E-state index is -0.779. The van der Waals surface area contributed by atoms with Gasteiger partial charge in [-0.25, -0.2) is 4.98 Å². The molecule has 138 valence electrons. The molecule has 1 aliphatic heterocycles. The Balaban J connectivity index is 1.59. The SMILES string of the molecule is O=C(O)CC[C@@H]1CCCN(C(=O)c2cccc(OCc3cscn3)c2)C1. The fourth-order valence-electron chi connectivity index (χ4n) is 3.18. The third kappa shape index (κ3) is 5.05. The van der Waals surface area contributed by atoms with Gasteiger partial charge in [0.25, 0.3) is 5.91 Å². The summed E-state index contributed by atoms with van der Waals surface area (Å²) in [5, 5.41) is 10.8. The first-order valence-electron chi connectivity index (χ1n) is 8.73. The van der Waals surface area contributed by atoms with Crippen molar-refractivity contribution in [2.45, 2.75) is 32.3 Å². The summed E-state index contributed by atoms with van der Waals surface area (Å²) in [5.41, 5.74) is 3.22. The van der Waals surface area contributed by atoms with Gasteiger partial charge in [-0.1, -0.05) is 6.07 Å². The number of carbonyl (C=O) groups is 2. The number of rotatable bonds is 7. The van der Waals surface area contributed by atoms with Crippen LogP contribution < -0.4 is 4.74 Å². The monoisotopic (exact) mass is 374 g/mol. The molecule has 0 radical (unpaired) electrons. The summed E-state index contributed by atoms with van der Waals surface area (Å²) in [6, 6.07) is 7.19. The number of carbonyl (C=O) groups excluding carboxylic acids is 1. The van der Waals surface area contributed by atoms with E-state index in [9.17, 15) is 9.59 Å². The van der Waals surface area contributed by atoms with Gasteiger partial charge in [0.05, 0.1) is 11.2 Å². The van der Waals surface area contributed by atoms with E-state index < -0.39 is 5.97 Å². The van der Waals surface area contributed by atoms with Crippen molar-refractivity contribution in [3.8, 4) is 5.75 Å². The number of hydrogen-bond donors (Lipinski definition) is 1. The first-order valence-corrected chi connectivity index (χ1v) is 9.67. The summed E-state index contributed by atoms with van der Waals surface area (Å²) in [4.78, 5) is 29.6. The predicted octanol–water partition coefficient (Wildman–Crippen LogP) is 3.44. The topological polar surface area (TPSA) is 79.7 Å². The molecule has 1 saturated heterocycles. The van der Waals surface area contributed by atoms with Gasteiger partial charge in [0.1, 0.15) is 12.4 Å². The van der Waals surface area contributed by atoms with Gasteiger partial charge in [0, 0.05) is 30.5 Å². The third-order valence-corrected chi connectivity index (χ3v) is 5.16. The highest BCUT2D eigenvalue weighted by molar-refractivity contribution is 7.07. The molecule has 2 heterocycles. The zero-order chi connectivity index (χ0) is 18.4. The highest BCUT2D eigenvalue weighted by atomic mass is 32.1. The Hall–Kier alpha value is -2.41. The van der Waals surface area contributed by atoms with Crippen LogP contribution in [-0.4, -0.2) is 40.0 Å². The Morgan fingerprint density at radius 1 is 1.38 bits per heavy atom. The van der Waals surface area contributed by atoms with Crippen LogP contribution >= 0.6 is 11.3 Å². The Kier molecular flexibility index (Phi) is 6.22. The quantitative estimate of drug-likeness (QED) is 0.803. The van der Waals surface area contributed by atoms with E-state index in [-0.39, 0.29) is 18.2 Å². The number of hydrogen-bond acceptors (Lipinski definition) is 5. The van der Waals surface area contributed by atoms with E-state index >= 15 is 0 Å². The lowest BCUT2D eigenvalue weighted by Crippen LogP contribution is -2.40. The summed E-state index contributed by atoms with van der Waals surface area (Å²) in [6.45, 7) is 1.71. The van der Waals surface area contributed by atoms with Crippen molar-refractivity contribution in [2.75, 3.05) is 13.1 Å². The Morgan fingerprint density at radius 2 is 2.27 bits per heavy atom. The number of nitrogens with zero attached hydrogens (tertiary/aromatic N) is 2. The zero-order valence-electron chi connectivity index (χ0n) is 14.5. The predicted molar refractivity (Wildman–Crippen MR) is 98.4 cm³/mol. The molecule has 0 saturated carbocycles. The van der Waals surface area contributed by atoms with Gasteiger partial charge < -0.3 is 14.7 Å². The smallest absolute Gasteiger partial charge is 0.303 e. The van der Waals surface area contributed by atoms with Crippen molar-refractivity contribution in [3.05, 3.63) is 46.4 Å². The molecule has 1 atom stereocenters. The average Bonchev–Trinajstić information content (AvgIpc) is 3.18. The molecule has 0 aliphatic carbocycles. The zero-order valence-corrected chi connectivity index (χ0v) is 15.3. The summed E-state index contributed by atoms with van der Waals surface area (Å²) in [5.74, 6) is 0.0960. The summed E-state index contributed by atoms with van der Waals surface area (Å²) in [6.07, 6.45) is 2.67. The molecule has 0 spiro atoms. The number of aliphatic carboxylic acids is 1. The summed E-state index contributed by atoms with van der Waals surface area (Å²) < 4.78 is 5.72. The first kappa shape index (κ1) is 18.4. The molecular formula is C19H22N2O4S. The molecular weight excluding hydrogens is 352 g/mol. The summed E-state index contributed by atoms with van der Waals surface area (Å²) >= 11 is 1.52. The van der Waals surface area contributed by atoms with E-state index in [0.29, 0.717) is 37.4 Å². The van der Waals surface area contributed by atoms with Crippen LogP contribution in [0.5, 0.6) is 5.75 Å². The Morgan fingerprint density at radius 3 is 3.04 bits per heavy atom. The number of ether oxygens (including phenoxy) is 1. The van der Waals surface area contributed by atoms with Crippen LogP contribution in [0.3, 0.4) is 0 Å². The van der Waals surface area contributed by atoms with Gasteiger partial charge >= 0.3 is 5.97 Å². The van der Waals surface area contributed by atoms with Crippen molar-refractivity contribution >= 4 is 23.2 Å². The van der Waals surface area contributed by atoms with Crippen molar-refractivity contribution in [1.82, 2.24) is 9.88 Å². The van der Waals surface area contributed by atoms with Gasteiger partial charge in [-0.15, -0.1) is 11.3 Å². The lowest BCUT2D eigenvalue weighted by atomic mass is 9.93. The number of carboxylic acids is 1. The summed E-state index contributed by atoms with van der Waals surface area (Å²) in [7, 11) is 0. The van der Waals surface area contributed by atoms with Crippen LogP contribution in [0, 0.1) is 5.92 Å². The molecule has 1 aliphatic rings. The van der Waals surface area contributed by atoms with E-state index in [1.54, 1.807) is 17.6 Å². The van der Waals surface area contributed by atoms with Gasteiger partial charge in [0.2, 0.25) is 0 Å². The van der Waals surface area contributed by atoms with E-state index in [2.05, 4.69) is 4.98 Å². The maximum absolute atomic E-state index is 12.8. The number of thiazole rings is 1. The molecule has 2 aromatic rings. The minimum absolute atomic E-state index is 0.0240. The normalized spacial score (nSPS) is 17.1. The van der Waals surface area contributed by atoms with Crippen LogP contribution in [0.2, 0.25) is 0 Å². The number of benzene rings is 1. The van der Waals surface area contributed by atoms with Crippen molar-refractivity contribution in [3.63, 3.8) is 0 Å². The fraction of sp³-hybridized carbons (Fsp3) is 0.421. The largest absolute Gasteiger partial charge is 0.487 e. The van der Waals surface area contributed by atoms with Gasteiger partial charge in [-0.05, 0) is 43.4 Å². The van der Waals surface area contributed by atoms with Crippen molar-refractivity contribution in [1.29, 1.82) is 0 Å². The maximum Gasteiger partial charge on any atom is 0.303 e. The number of piperidine rings is 1. The first-order chi connectivity index (χ1) is 12.6. The maximum atomic E-state index is 12.8. The third-order valence-electron chi connectivity index (χ3n) is 4.52. The molecule has 26 heavy (non-hydrogen) atoms. The molecule has 0 unspecified atom stereocenters. The fourth-order valence-corrected chi connectivity index (χ4v) is 3.72. The van der Waals surface area contributed by atoms with E-state index in [1.165, 1.54) is 11.3 Å². The second-order valence-corrected chi connectivity index (χ2v) is 7.21. The Bertz CT molecular complexity index is 748. The highest BCUT2D eigenvalue weighted by Crippen LogP contribution is 2.24.